The van der Waals surface area contributed by atoms with Crippen LogP contribution < -0.4 is 16.0 Å². The summed E-state index contributed by atoms with van der Waals surface area (Å²) in [4.78, 5) is 4.32. The van der Waals surface area contributed by atoms with E-state index in [1.165, 1.54) is 17.7 Å². The number of aryl methyl sites for hydroxylation is 1. The van der Waals surface area contributed by atoms with Gasteiger partial charge in [-0.3, -0.25) is 4.99 Å². The van der Waals surface area contributed by atoms with E-state index in [-0.39, 0.29) is 0 Å². The smallest absolute Gasteiger partial charge is 0.195 e. The third-order valence-corrected chi connectivity index (χ3v) is 2.98. The third kappa shape index (κ3) is 1.83. The Labute approximate surface area is 95.2 Å². The molecule has 4 heteroatoms. The second-order valence-electron chi connectivity index (χ2n) is 4.18. The summed E-state index contributed by atoms with van der Waals surface area (Å²) >= 11 is 0. The fourth-order valence-electron chi connectivity index (χ4n) is 2.17. The summed E-state index contributed by atoms with van der Waals surface area (Å²) in [5, 5.41) is 9.92. The lowest BCUT2D eigenvalue weighted by atomic mass is 10.0. The van der Waals surface area contributed by atoms with E-state index in [0.717, 1.165) is 37.7 Å². The van der Waals surface area contributed by atoms with Gasteiger partial charge < -0.3 is 16.0 Å². The maximum absolute atomic E-state index is 4.32. The monoisotopic (exact) mass is 216 g/mol. The summed E-state index contributed by atoms with van der Waals surface area (Å²) in [6.45, 7) is 2.90. The summed E-state index contributed by atoms with van der Waals surface area (Å²) in [6.07, 6.45) is 2.38. The van der Waals surface area contributed by atoms with E-state index < -0.39 is 0 Å². The molecule has 0 aliphatic carbocycles. The van der Waals surface area contributed by atoms with E-state index in [9.17, 15) is 0 Å². The summed E-state index contributed by atoms with van der Waals surface area (Å²) in [6, 6.07) is 6.45. The highest BCUT2D eigenvalue weighted by molar-refractivity contribution is 5.94. The lowest BCUT2D eigenvalue weighted by molar-refractivity contribution is 0.830. The van der Waals surface area contributed by atoms with E-state index in [2.05, 4.69) is 39.1 Å². The fraction of sp³-hybridized carbons (Fsp3) is 0.417. The summed E-state index contributed by atoms with van der Waals surface area (Å²) in [5.41, 5.74) is 3.79. The molecule has 0 saturated carbocycles. The highest BCUT2D eigenvalue weighted by atomic mass is 15.2. The Hall–Kier alpha value is -1.71. The van der Waals surface area contributed by atoms with Gasteiger partial charge in [-0.05, 0) is 36.6 Å². The number of hydrogen-bond acceptors (Lipinski definition) is 4. The molecule has 0 atom stereocenters. The number of aliphatic imine (C=N–C) groups is 1. The van der Waals surface area contributed by atoms with Crippen LogP contribution in [0.5, 0.6) is 0 Å². The van der Waals surface area contributed by atoms with Crippen molar-refractivity contribution < 1.29 is 0 Å². The minimum atomic E-state index is 0.870. The van der Waals surface area contributed by atoms with Gasteiger partial charge in [-0.1, -0.05) is 0 Å². The normalized spacial score (nSPS) is 18.1. The highest BCUT2D eigenvalue weighted by Crippen LogP contribution is 2.25. The zero-order valence-electron chi connectivity index (χ0n) is 9.21. The van der Waals surface area contributed by atoms with Crippen LogP contribution in [0.1, 0.15) is 12.0 Å². The van der Waals surface area contributed by atoms with Gasteiger partial charge in [0, 0.05) is 24.5 Å². The third-order valence-electron chi connectivity index (χ3n) is 2.98. The van der Waals surface area contributed by atoms with Crippen molar-refractivity contribution in [2.24, 2.45) is 4.99 Å². The summed E-state index contributed by atoms with van der Waals surface area (Å²) in [5.74, 6) is 0.892. The van der Waals surface area contributed by atoms with Gasteiger partial charge in [0.1, 0.15) is 0 Å². The van der Waals surface area contributed by atoms with Crippen molar-refractivity contribution >= 4 is 17.3 Å². The number of benzene rings is 1. The molecular formula is C12H16N4. The molecule has 3 N–H and O–H groups in total. The Bertz CT molecular complexity index is 425. The van der Waals surface area contributed by atoms with Crippen molar-refractivity contribution in [2.45, 2.75) is 12.8 Å². The summed E-state index contributed by atoms with van der Waals surface area (Å²) < 4.78 is 0. The standard InChI is InChI=1S/C12H16N4/c1-2-9-8-10(3-4-11(9)13-5-1)16-12-14-6-7-15-12/h3-4,8,13H,1-2,5-7H2,(H2,14,15,16). The lowest BCUT2D eigenvalue weighted by Crippen LogP contribution is -2.26. The predicted molar refractivity (Wildman–Crippen MR) is 67.2 cm³/mol. The molecule has 1 aromatic carbocycles. The first-order valence-electron chi connectivity index (χ1n) is 5.84. The van der Waals surface area contributed by atoms with Gasteiger partial charge in [0.2, 0.25) is 0 Å². The first kappa shape index (κ1) is 9.51. The number of guanidine groups is 1. The molecule has 2 heterocycles. The van der Waals surface area contributed by atoms with Crippen molar-refractivity contribution in [3.8, 4) is 0 Å². The number of anilines is 2. The topological polar surface area (TPSA) is 48.5 Å². The quantitative estimate of drug-likeness (QED) is 0.665. The number of rotatable bonds is 1. The molecule has 2 aliphatic rings. The van der Waals surface area contributed by atoms with Crippen molar-refractivity contribution in [3.63, 3.8) is 0 Å². The first-order chi connectivity index (χ1) is 7.92. The molecular weight excluding hydrogens is 200 g/mol. The van der Waals surface area contributed by atoms with E-state index in [4.69, 9.17) is 0 Å². The minimum absolute atomic E-state index is 0.870. The molecule has 0 saturated heterocycles. The van der Waals surface area contributed by atoms with Gasteiger partial charge in [-0.25, -0.2) is 0 Å². The molecule has 0 amide bonds. The minimum Gasteiger partial charge on any atom is -0.385 e. The van der Waals surface area contributed by atoms with Crippen molar-refractivity contribution in [3.05, 3.63) is 23.8 Å². The molecule has 16 heavy (non-hydrogen) atoms. The van der Waals surface area contributed by atoms with Crippen LogP contribution in [0.25, 0.3) is 0 Å². The van der Waals surface area contributed by atoms with Crippen LogP contribution in [0.2, 0.25) is 0 Å². The SMILES string of the molecule is c1cc2c(cc1NC1=NCCN1)CCCN2. The molecule has 0 radical (unpaired) electrons. The van der Waals surface area contributed by atoms with E-state index in [0.29, 0.717) is 0 Å². The average Bonchev–Trinajstić information content (AvgIpc) is 2.82. The molecule has 0 fully saturated rings. The number of hydrogen-bond donors (Lipinski definition) is 3. The van der Waals surface area contributed by atoms with Gasteiger partial charge in [-0.2, -0.15) is 0 Å². The maximum atomic E-state index is 4.32. The largest absolute Gasteiger partial charge is 0.385 e. The van der Waals surface area contributed by atoms with Crippen LogP contribution in [-0.2, 0) is 6.42 Å². The maximum Gasteiger partial charge on any atom is 0.195 e. The van der Waals surface area contributed by atoms with E-state index in [1.54, 1.807) is 0 Å². The Morgan fingerprint density at radius 3 is 3.06 bits per heavy atom. The van der Waals surface area contributed by atoms with Crippen LogP contribution in [0.15, 0.2) is 23.2 Å². The zero-order chi connectivity index (χ0) is 10.8. The number of nitrogens with zero attached hydrogens (tertiary/aromatic N) is 1. The van der Waals surface area contributed by atoms with Crippen LogP contribution in [0.3, 0.4) is 0 Å². The molecule has 0 spiro atoms. The second kappa shape index (κ2) is 4.04. The van der Waals surface area contributed by atoms with Crippen LogP contribution in [0.4, 0.5) is 11.4 Å². The lowest BCUT2D eigenvalue weighted by Gasteiger charge is -2.19. The molecule has 1 aromatic rings. The van der Waals surface area contributed by atoms with Crippen LogP contribution in [0, 0.1) is 0 Å². The molecule has 4 nitrogen and oxygen atoms in total. The Morgan fingerprint density at radius 2 is 2.19 bits per heavy atom. The van der Waals surface area contributed by atoms with E-state index in [1.807, 2.05) is 0 Å². The number of fused-ring (bicyclic) bond motifs is 1. The van der Waals surface area contributed by atoms with Gasteiger partial charge in [0.15, 0.2) is 5.96 Å². The van der Waals surface area contributed by atoms with Crippen molar-refractivity contribution in [1.82, 2.24) is 5.32 Å². The van der Waals surface area contributed by atoms with Gasteiger partial charge >= 0.3 is 0 Å². The highest BCUT2D eigenvalue weighted by Gasteiger charge is 2.10. The second-order valence-corrected chi connectivity index (χ2v) is 4.18. The molecule has 0 aromatic heterocycles. The van der Waals surface area contributed by atoms with Crippen LogP contribution in [-0.4, -0.2) is 25.6 Å². The van der Waals surface area contributed by atoms with Crippen molar-refractivity contribution in [2.75, 3.05) is 30.3 Å². The summed E-state index contributed by atoms with van der Waals surface area (Å²) in [7, 11) is 0. The van der Waals surface area contributed by atoms with Gasteiger partial charge in [-0.15, -0.1) is 0 Å². The van der Waals surface area contributed by atoms with Crippen LogP contribution >= 0.6 is 0 Å². The van der Waals surface area contributed by atoms with E-state index >= 15 is 0 Å². The Morgan fingerprint density at radius 1 is 1.19 bits per heavy atom. The van der Waals surface area contributed by atoms with Gasteiger partial charge in [0.05, 0.1) is 6.54 Å². The molecule has 2 aliphatic heterocycles. The zero-order valence-corrected chi connectivity index (χ0v) is 9.21. The number of nitrogens with one attached hydrogen (secondary N) is 3. The Kier molecular flexibility index (Phi) is 2.40. The molecule has 3 rings (SSSR count). The Balaban J connectivity index is 1.80. The fourth-order valence-corrected chi connectivity index (χ4v) is 2.17. The molecule has 84 valence electrons. The predicted octanol–water partition coefficient (Wildman–Crippen LogP) is 1.42. The molecule has 0 bridgehead atoms. The van der Waals surface area contributed by atoms with Gasteiger partial charge in [0.25, 0.3) is 0 Å². The first-order valence-corrected chi connectivity index (χ1v) is 5.84. The average molecular weight is 216 g/mol. The van der Waals surface area contributed by atoms with Crippen molar-refractivity contribution in [1.29, 1.82) is 0 Å². The molecule has 0 unspecified atom stereocenters.